The predicted molar refractivity (Wildman–Crippen MR) is 96.8 cm³/mol. The number of hydrogen-bond donors (Lipinski definition) is 0. The quantitative estimate of drug-likeness (QED) is 0.550. The minimum atomic E-state index is -0.215. The summed E-state index contributed by atoms with van der Waals surface area (Å²) in [6.07, 6.45) is 3.72. The van der Waals surface area contributed by atoms with Crippen molar-refractivity contribution >= 4 is 51.6 Å². The summed E-state index contributed by atoms with van der Waals surface area (Å²) in [5.74, 6) is -0.215. The van der Waals surface area contributed by atoms with Crippen molar-refractivity contribution in [3.05, 3.63) is 56.8 Å². The number of benzene rings is 1. The second-order valence-electron chi connectivity index (χ2n) is 4.71. The summed E-state index contributed by atoms with van der Waals surface area (Å²) in [5.41, 5.74) is 1.90. The summed E-state index contributed by atoms with van der Waals surface area (Å²) in [4.78, 5) is 25.7. The lowest BCUT2D eigenvalue weighted by Crippen LogP contribution is -2.27. The number of carbonyl (C=O) groups is 2. The van der Waals surface area contributed by atoms with Crippen LogP contribution < -0.4 is 0 Å². The van der Waals surface area contributed by atoms with E-state index in [9.17, 15) is 9.59 Å². The first-order chi connectivity index (χ1) is 10.6. The largest absolute Gasteiger partial charge is 0.317 e. The van der Waals surface area contributed by atoms with Crippen molar-refractivity contribution in [1.29, 1.82) is 0 Å². The number of halogens is 1. The molecule has 6 heteroatoms. The summed E-state index contributed by atoms with van der Waals surface area (Å²) >= 11 is 3.26. The van der Waals surface area contributed by atoms with Crippen LogP contribution in [0.5, 0.6) is 0 Å². The lowest BCUT2D eigenvalue weighted by atomic mass is 10.3. The second-order valence-corrected chi connectivity index (χ2v) is 6.94. The van der Waals surface area contributed by atoms with E-state index in [1.807, 2.05) is 47.2 Å². The first kappa shape index (κ1) is 15.4. The molecule has 4 nitrogen and oxygen atoms in total. The van der Waals surface area contributed by atoms with E-state index in [1.165, 1.54) is 8.47 Å². The number of hydrogen-bond acceptors (Lipinski definition) is 3. The Kier molecular flexibility index (Phi) is 4.39. The molecule has 0 aliphatic carbocycles. The van der Waals surface area contributed by atoms with Crippen LogP contribution in [0.25, 0.3) is 11.8 Å². The molecule has 1 aromatic heterocycles. The number of likely N-dealkylation sites (N-methyl/N-ethyl adjacent to an activating group) is 1. The monoisotopic (exact) mass is 424 g/mol. The van der Waals surface area contributed by atoms with Crippen LogP contribution in [0.4, 0.5) is 4.79 Å². The fourth-order valence-electron chi connectivity index (χ4n) is 2.26. The molecule has 0 spiro atoms. The molecule has 112 valence electrons. The fourth-order valence-corrected chi connectivity index (χ4v) is 3.50. The van der Waals surface area contributed by atoms with Crippen molar-refractivity contribution in [1.82, 2.24) is 9.47 Å². The van der Waals surface area contributed by atoms with Crippen LogP contribution >= 0.6 is 34.4 Å². The van der Waals surface area contributed by atoms with Crippen molar-refractivity contribution in [2.24, 2.45) is 0 Å². The molecule has 3 rings (SSSR count). The molecular weight excluding hydrogens is 411 g/mol. The van der Waals surface area contributed by atoms with Gasteiger partial charge in [0, 0.05) is 27.7 Å². The maximum Gasteiger partial charge on any atom is 0.293 e. The third-order valence-corrected chi connectivity index (χ3v) is 4.98. The first-order valence-corrected chi connectivity index (χ1v) is 8.68. The van der Waals surface area contributed by atoms with E-state index in [2.05, 4.69) is 22.6 Å². The molecule has 0 unspecified atom stereocenters. The third kappa shape index (κ3) is 2.85. The molecule has 0 bridgehead atoms. The van der Waals surface area contributed by atoms with Crippen molar-refractivity contribution in [2.75, 3.05) is 6.54 Å². The normalized spacial score (nSPS) is 16.8. The Bertz CT molecular complexity index is 765. The average Bonchev–Trinajstić information content (AvgIpc) is 3.06. The highest BCUT2D eigenvalue weighted by Crippen LogP contribution is 2.32. The highest BCUT2D eigenvalue weighted by molar-refractivity contribution is 14.1. The number of carbonyl (C=O) groups excluding carboxylic acids is 2. The number of amides is 2. The Labute approximate surface area is 146 Å². The van der Waals surface area contributed by atoms with Gasteiger partial charge in [-0.2, -0.15) is 0 Å². The molecule has 1 aromatic carbocycles. The molecular formula is C16H13IN2O2S. The molecule has 1 fully saturated rings. The van der Waals surface area contributed by atoms with Gasteiger partial charge in [0.15, 0.2) is 0 Å². The van der Waals surface area contributed by atoms with Crippen molar-refractivity contribution in [2.45, 2.75) is 6.92 Å². The maximum absolute atomic E-state index is 12.2. The minimum absolute atomic E-state index is 0.203. The fraction of sp³-hybridized carbons (Fsp3) is 0.125. The van der Waals surface area contributed by atoms with E-state index >= 15 is 0 Å². The summed E-state index contributed by atoms with van der Waals surface area (Å²) in [6.45, 7) is 2.20. The molecule has 0 radical (unpaired) electrons. The van der Waals surface area contributed by atoms with Crippen LogP contribution in [-0.4, -0.2) is 27.2 Å². The smallest absolute Gasteiger partial charge is 0.293 e. The zero-order valence-electron chi connectivity index (χ0n) is 11.8. The van der Waals surface area contributed by atoms with Gasteiger partial charge in [-0.05, 0) is 83.8 Å². The summed E-state index contributed by atoms with van der Waals surface area (Å²) < 4.78 is 3.16. The lowest BCUT2D eigenvalue weighted by molar-refractivity contribution is -0.122. The SMILES string of the molecule is CCN1C(=O)SC(=Cc2cccn2-c2ccc(I)cc2)C1=O. The maximum atomic E-state index is 12.2. The Hall–Kier alpha value is -1.54. The molecule has 0 saturated carbocycles. The van der Waals surface area contributed by atoms with E-state index in [1.54, 1.807) is 13.0 Å². The van der Waals surface area contributed by atoms with Gasteiger partial charge in [0.1, 0.15) is 0 Å². The summed E-state index contributed by atoms with van der Waals surface area (Å²) in [7, 11) is 0. The Morgan fingerprint density at radius 2 is 1.91 bits per heavy atom. The van der Waals surface area contributed by atoms with Gasteiger partial charge in [0.25, 0.3) is 11.1 Å². The molecule has 1 aliphatic rings. The van der Waals surface area contributed by atoms with Crippen LogP contribution in [0, 0.1) is 3.57 Å². The van der Waals surface area contributed by atoms with Crippen LogP contribution in [-0.2, 0) is 4.79 Å². The van der Waals surface area contributed by atoms with Crippen molar-refractivity contribution in [3.63, 3.8) is 0 Å². The molecule has 0 N–H and O–H groups in total. The summed E-state index contributed by atoms with van der Waals surface area (Å²) in [5, 5.41) is -0.203. The van der Waals surface area contributed by atoms with Crippen LogP contribution in [0.15, 0.2) is 47.5 Å². The van der Waals surface area contributed by atoms with Gasteiger partial charge in [-0.1, -0.05) is 0 Å². The molecule has 0 atom stereocenters. The minimum Gasteiger partial charge on any atom is -0.317 e. The number of thioether (sulfide) groups is 1. The Balaban J connectivity index is 1.96. The van der Waals surface area contributed by atoms with Crippen LogP contribution in [0.1, 0.15) is 12.6 Å². The third-order valence-electron chi connectivity index (χ3n) is 3.35. The molecule has 2 aromatic rings. The summed E-state index contributed by atoms with van der Waals surface area (Å²) in [6, 6.07) is 12.0. The van der Waals surface area contributed by atoms with Gasteiger partial charge in [-0.25, -0.2) is 0 Å². The highest BCUT2D eigenvalue weighted by atomic mass is 127. The van der Waals surface area contributed by atoms with E-state index in [4.69, 9.17) is 0 Å². The van der Waals surface area contributed by atoms with Gasteiger partial charge in [0.05, 0.1) is 4.91 Å². The van der Waals surface area contributed by atoms with Gasteiger partial charge in [-0.3, -0.25) is 14.5 Å². The van der Waals surface area contributed by atoms with Crippen molar-refractivity contribution in [3.8, 4) is 5.69 Å². The molecule has 1 saturated heterocycles. The number of nitrogens with zero attached hydrogens (tertiary/aromatic N) is 2. The van der Waals surface area contributed by atoms with Crippen LogP contribution in [0.2, 0.25) is 0 Å². The zero-order valence-corrected chi connectivity index (χ0v) is 14.8. The van der Waals surface area contributed by atoms with Gasteiger partial charge >= 0.3 is 0 Å². The Morgan fingerprint density at radius 1 is 1.18 bits per heavy atom. The lowest BCUT2D eigenvalue weighted by Gasteiger charge is -2.08. The van der Waals surface area contributed by atoms with Crippen molar-refractivity contribution < 1.29 is 9.59 Å². The standard InChI is InChI=1S/C16H13IN2O2S/c1-2-18-15(20)14(22-16(18)21)10-13-4-3-9-19(13)12-7-5-11(17)6-8-12/h3-10H,2H2,1H3. The molecule has 22 heavy (non-hydrogen) atoms. The molecule has 1 aliphatic heterocycles. The van der Waals surface area contributed by atoms with Crippen LogP contribution in [0.3, 0.4) is 0 Å². The number of rotatable bonds is 3. The number of aromatic nitrogens is 1. The Morgan fingerprint density at radius 3 is 2.55 bits per heavy atom. The van der Waals surface area contributed by atoms with Gasteiger partial charge in [0.2, 0.25) is 0 Å². The van der Waals surface area contributed by atoms with Gasteiger partial charge < -0.3 is 4.57 Å². The van der Waals surface area contributed by atoms with Gasteiger partial charge in [-0.15, -0.1) is 0 Å². The van der Waals surface area contributed by atoms with E-state index in [-0.39, 0.29) is 11.1 Å². The first-order valence-electron chi connectivity index (χ1n) is 6.79. The second kappa shape index (κ2) is 6.29. The highest BCUT2D eigenvalue weighted by Gasteiger charge is 2.33. The average molecular weight is 424 g/mol. The van der Waals surface area contributed by atoms with E-state index < -0.39 is 0 Å². The van der Waals surface area contributed by atoms with E-state index in [0.717, 1.165) is 23.1 Å². The zero-order chi connectivity index (χ0) is 15.7. The molecule has 2 amide bonds. The topological polar surface area (TPSA) is 42.3 Å². The van der Waals surface area contributed by atoms with E-state index in [0.29, 0.717) is 11.4 Å². The number of imide groups is 1. The predicted octanol–water partition coefficient (Wildman–Crippen LogP) is 4.14. The molecule has 2 heterocycles.